The Balaban J connectivity index is 1.98. The zero-order valence-electron chi connectivity index (χ0n) is 17.9. The second-order valence-electron chi connectivity index (χ2n) is 7.16. The molecular formula is C20H26N4O4S2. The number of anilines is 1. The van der Waals surface area contributed by atoms with Crippen LogP contribution in [0.4, 0.5) is 5.69 Å². The third-order valence-corrected chi connectivity index (χ3v) is 7.79. The van der Waals surface area contributed by atoms with Gasteiger partial charge in [-0.15, -0.1) is 11.3 Å². The molecule has 0 saturated carbocycles. The number of fused-ring (bicyclic) bond motifs is 1. The normalized spacial score (nSPS) is 13.0. The maximum Gasteiger partial charge on any atom is 0.259 e. The minimum atomic E-state index is -3.69. The van der Waals surface area contributed by atoms with Crippen molar-refractivity contribution in [3.05, 3.63) is 44.8 Å². The maximum absolute atomic E-state index is 12.7. The summed E-state index contributed by atoms with van der Waals surface area (Å²) in [7, 11) is -0.744. The Morgan fingerprint density at radius 3 is 2.63 bits per heavy atom. The van der Waals surface area contributed by atoms with Crippen LogP contribution in [-0.2, 0) is 10.0 Å². The predicted molar refractivity (Wildman–Crippen MR) is 120 cm³/mol. The first-order valence-corrected chi connectivity index (χ1v) is 11.8. The van der Waals surface area contributed by atoms with E-state index in [4.69, 9.17) is 4.74 Å². The van der Waals surface area contributed by atoms with E-state index in [-0.39, 0.29) is 16.5 Å². The first kappa shape index (κ1) is 22.3. The number of aromatic amines is 1. The Morgan fingerprint density at radius 1 is 1.30 bits per heavy atom. The summed E-state index contributed by atoms with van der Waals surface area (Å²) < 4.78 is 32.1. The van der Waals surface area contributed by atoms with Crippen molar-refractivity contribution in [2.24, 2.45) is 0 Å². The summed E-state index contributed by atoms with van der Waals surface area (Å²) in [5, 5.41) is 3.85. The number of rotatable bonds is 7. The molecule has 3 aromatic rings. The molecule has 0 fully saturated rings. The molecule has 2 aromatic heterocycles. The molecule has 0 spiro atoms. The lowest BCUT2D eigenvalue weighted by atomic mass is 10.2. The van der Waals surface area contributed by atoms with Crippen molar-refractivity contribution < 1.29 is 13.2 Å². The number of H-pyrrole nitrogens is 1. The Kier molecular flexibility index (Phi) is 6.21. The highest BCUT2D eigenvalue weighted by Gasteiger charge is 2.23. The second kappa shape index (κ2) is 8.37. The molecular weight excluding hydrogens is 424 g/mol. The molecule has 1 aromatic carbocycles. The van der Waals surface area contributed by atoms with Crippen LogP contribution in [0.5, 0.6) is 5.75 Å². The predicted octanol–water partition coefficient (Wildman–Crippen LogP) is 3.42. The third kappa shape index (κ3) is 4.07. The molecule has 8 nitrogen and oxygen atoms in total. The Hall–Kier alpha value is -2.43. The van der Waals surface area contributed by atoms with Crippen LogP contribution in [0.15, 0.2) is 27.9 Å². The number of aryl methyl sites for hydroxylation is 2. The Labute approximate surface area is 180 Å². The van der Waals surface area contributed by atoms with Crippen LogP contribution >= 0.6 is 11.3 Å². The molecule has 0 aliphatic heterocycles. The van der Waals surface area contributed by atoms with Gasteiger partial charge in [0.15, 0.2) is 0 Å². The molecule has 10 heteroatoms. The highest BCUT2D eigenvalue weighted by Crippen LogP contribution is 2.31. The zero-order valence-corrected chi connectivity index (χ0v) is 19.5. The first-order chi connectivity index (χ1) is 14.1. The molecule has 0 amide bonds. The minimum Gasteiger partial charge on any atom is -0.492 e. The lowest BCUT2D eigenvalue weighted by Crippen LogP contribution is -2.23. The number of aromatic nitrogens is 2. The van der Waals surface area contributed by atoms with E-state index in [1.807, 2.05) is 20.8 Å². The highest BCUT2D eigenvalue weighted by atomic mass is 32.2. The zero-order chi connectivity index (χ0) is 22.2. The third-order valence-electron chi connectivity index (χ3n) is 4.85. The van der Waals surface area contributed by atoms with E-state index in [2.05, 4.69) is 15.3 Å². The van der Waals surface area contributed by atoms with Crippen molar-refractivity contribution in [3.63, 3.8) is 0 Å². The molecule has 0 radical (unpaired) electrons. The summed E-state index contributed by atoms with van der Waals surface area (Å²) in [6.45, 7) is 7.89. The van der Waals surface area contributed by atoms with Gasteiger partial charge in [0, 0.05) is 24.7 Å². The summed E-state index contributed by atoms with van der Waals surface area (Å²) in [6.07, 6.45) is 0. The van der Waals surface area contributed by atoms with Crippen LogP contribution in [-0.4, -0.2) is 43.4 Å². The molecule has 162 valence electrons. The van der Waals surface area contributed by atoms with Gasteiger partial charge >= 0.3 is 0 Å². The average molecular weight is 451 g/mol. The molecule has 0 aliphatic carbocycles. The number of hydrogen-bond donors (Lipinski definition) is 2. The summed E-state index contributed by atoms with van der Waals surface area (Å²) in [5.41, 5.74) is 1.35. The van der Waals surface area contributed by atoms with Gasteiger partial charge in [0.25, 0.3) is 5.56 Å². The number of nitrogens with zero attached hydrogens (tertiary/aromatic N) is 2. The van der Waals surface area contributed by atoms with Crippen LogP contribution in [0, 0.1) is 13.8 Å². The Bertz CT molecular complexity index is 1250. The summed E-state index contributed by atoms with van der Waals surface area (Å²) in [6, 6.07) is 4.55. The maximum atomic E-state index is 12.7. The Morgan fingerprint density at radius 2 is 2.00 bits per heavy atom. The van der Waals surface area contributed by atoms with E-state index in [0.717, 1.165) is 14.7 Å². The van der Waals surface area contributed by atoms with E-state index in [9.17, 15) is 13.2 Å². The van der Waals surface area contributed by atoms with Crippen LogP contribution in [0.1, 0.15) is 36.2 Å². The van der Waals surface area contributed by atoms with Crippen molar-refractivity contribution in [1.82, 2.24) is 14.3 Å². The van der Waals surface area contributed by atoms with E-state index in [0.29, 0.717) is 34.1 Å². The average Bonchev–Trinajstić information content (AvgIpc) is 2.97. The van der Waals surface area contributed by atoms with E-state index in [1.54, 1.807) is 19.1 Å². The van der Waals surface area contributed by atoms with Gasteiger partial charge in [-0.3, -0.25) is 4.79 Å². The topological polar surface area (TPSA) is 104 Å². The first-order valence-electron chi connectivity index (χ1n) is 9.52. The van der Waals surface area contributed by atoms with Gasteiger partial charge in [0.2, 0.25) is 10.0 Å². The standard InChI is InChI=1S/C20H26N4O4S2/c1-7-28-15-9-8-14(10-16(15)30(26,27)24(5)6)21-12(3)18-22-19(25)17-11(2)13(4)29-20(17)23-18/h8-10,12,21H,7H2,1-6H3,(H,22,23,25)/t12-/m0/s1. The second-order valence-corrected chi connectivity index (χ2v) is 10.5. The van der Waals surface area contributed by atoms with Crippen molar-refractivity contribution in [3.8, 4) is 5.75 Å². The fourth-order valence-electron chi connectivity index (χ4n) is 3.07. The van der Waals surface area contributed by atoms with Crippen molar-refractivity contribution >= 4 is 37.3 Å². The van der Waals surface area contributed by atoms with Crippen molar-refractivity contribution in [2.75, 3.05) is 26.0 Å². The van der Waals surface area contributed by atoms with Crippen molar-refractivity contribution in [1.29, 1.82) is 0 Å². The quantitative estimate of drug-likeness (QED) is 0.572. The van der Waals surface area contributed by atoms with Crippen molar-refractivity contribution in [2.45, 2.75) is 38.6 Å². The van der Waals surface area contributed by atoms with Gasteiger partial charge in [-0.1, -0.05) is 0 Å². The largest absolute Gasteiger partial charge is 0.492 e. The molecule has 2 heterocycles. The van der Waals surface area contributed by atoms with E-state index < -0.39 is 10.0 Å². The summed E-state index contributed by atoms with van der Waals surface area (Å²) >= 11 is 1.49. The molecule has 0 bridgehead atoms. The van der Waals surface area contributed by atoms with Crippen LogP contribution in [0.25, 0.3) is 10.2 Å². The van der Waals surface area contributed by atoms with Crippen LogP contribution in [0.3, 0.4) is 0 Å². The van der Waals surface area contributed by atoms with E-state index in [1.165, 1.54) is 31.5 Å². The molecule has 1 atom stereocenters. The van der Waals surface area contributed by atoms with E-state index >= 15 is 0 Å². The molecule has 3 rings (SSSR count). The highest BCUT2D eigenvalue weighted by molar-refractivity contribution is 7.89. The molecule has 2 N–H and O–H groups in total. The molecule has 0 unspecified atom stereocenters. The number of nitrogens with one attached hydrogen (secondary N) is 2. The lowest BCUT2D eigenvalue weighted by molar-refractivity contribution is 0.330. The monoisotopic (exact) mass is 450 g/mol. The SMILES string of the molecule is CCOc1ccc(N[C@@H](C)c2nc3sc(C)c(C)c3c(=O)[nH]2)cc1S(=O)(=O)N(C)C. The number of ether oxygens (including phenoxy) is 1. The number of thiophene rings is 1. The molecule has 0 saturated heterocycles. The van der Waals surface area contributed by atoms with Gasteiger partial charge in [-0.05, 0) is 51.5 Å². The summed E-state index contributed by atoms with van der Waals surface area (Å²) in [5.74, 6) is 0.779. The van der Waals surface area contributed by atoms with Gasteiger partial charge in [-0.2, -0.15) is 0 Å². The van der Waals surface area contributed by atoms with Gasteiger partial charge in [-0.25, -0.2) is 17.7 Å². The van der Waals surface area contributed by atoms with Gasteiger partial charge in [0.05, 0.1) is 18.0 Å². The van der Waals surface area contributed by atoms with Gasteiger partial charge < -0.3 is 15.0 Å². The number of benzene rings is 1. The molecule has 30 heavy (non-hydrogen) atoms. The fourth-order valence-corrected chi connectivity index (χ4v) is 5.15. The fraction of sp³-hybridized carbons (Fsp3) is 0.400. The van der Waals surface area contributed by atoms with Gasteiger partial charge in [0.1, 0.15) is 21.3 Å². The van der Waals surface area contributed by atoms with Crippen LogP contribution < -0.4 is 15.6 Å². The smallest absolute Gasteiger partial charge is 0.259 e. The van der Waals surface area contributed by atoms with Crippen LogP contribution in [0.2, 0.25) is 0 Å². The molecule has 0 aliphatic rings. The number of hydrogen-bond acceptors (Lipinski definition) is 7. The lowest BCUT2D eigenvalue weighted by Gasteiger charge is -2.19. The summed E-state index contributed by atoms with van der Waals surface area (Å²) in [4.78, 5) is 21.8. The number of sulfonamides is 1. The minimum absolute atomic E-state index is 0.0768.